The van der Waals surface area contributed by atoms with Crippen LogP contribution < -0.4 is 11.5 Å². The normalized spacial score (nSPS) is 8.92. The van der Waals surface area contributed by atoms with Crippen LogP contribution in [0, 0.1) is 18.3 Å². The zero-order chi connectivity index (χ0) is 9.84. The number of nitrogens with two attached hydrogens (primary N) is 2. The summed E-state index contributed by atoms with van der Waals surface area (Å²) in [6.45, 7) is 1.85. The van der Waals surface area contributed by atoms with E-state index >= 15 is 0 Å². The minimum absolute atomic E-state index is 0.0211. The molecule has 0 aromatic heterocycles. The predicted octanol–water partition coefficient (Wildman–Crippen LogP) is 0.772. The Hall–Kier alpha value is -2.02. The van der Waals surface area contributed by atoms with Crippen molar-refractivity contribution in [2.24, 2.45) is 16.5 Å². The van der Waals surface area contributed by atoms with Crippen LogP contribution in [0.2, 0.25) is 0 Å². The van der Waals surface area contributed by atoms with E-state index in [1.54, 1.807) is 18.2 Å². The first kappa shape index (κ1) is 9.07. The minimum Gasteiger partial charge on any atom is -0.370 e. The van der Waals surface area contributed by atoms with Crippen LogP contribution in [-0.4, -0.2) is 5.96 Å². The van der Waals surface area contributed by atoms with Gasteiger partial charge in [0.25, 0.3) is 0 Å². The molecule has 13 heavy (non-hydrogen) atoms. The molecule has 4 heteroatoms. The monoisotopic (exact) mass is 174 g/mol. The summed E-state index contributed by atoms with van der Waals surface area (Å²) in [6.07, 6.45) is 0. The fourth-order valence-corrected chi connectivity index (χ4v) is 0.990. The second kappa shape index (κ2) is 3.59. The lowest BCUT2D eigenvalue weighted by Gasteiger charge is -1.99. The van der Waals surface area contributed by atoms with Gasteiger partial charge in [-0.15, -0.1) is 0 Å². The molecule has 0 heterocycles. The van der Waals surface area contributed by atoms with Gasteiger partial charge in [0.15, 0.2) is 5.96 Å². The van der Waals surface area contributed by atoms with Crippen molar-refractivity contribution in [3.05, 3.63) is 29.3 Å². The van der Waals surface area contributed by atoms with Crippen LogP contribution in [0.15, 0.2) is 23.2 Å². The highest BCUT2D eigenvalue weighted by atomic mass is 15.0. The van der Waals surface area contributed by atoms with Gasteiger partial charge in [-0.1, -0.05) is 0 Å². The van der Waals surface area contributed by atoms with Crippen molar-refractivity contribution in [3.8, 4) is 6.07 Å². The fraction of sp³-hybridized carbons (Fsp3) is 0.111. The second-order valence-corrected chi connectivity index (χ2v) is 2.65. The molecule has 1 rings (SSSR count). The van der Waals surface area contributed by atoms with Gasteiger partial charge >= 0.3 is 0 Å². The summed E-state index contributed by atoms with van der Waals surface area (Å²) in [5.74, 6) is 0.0211. The average Bonchev–Trinajstić information content (AvgIpc) is 2.08. The van der Waals surface area contributed by atoms with Gasteiger partial charge < -0.3 is 11.5 Å². The largest absolute Gasteiger partial charge is 0.370 e. The summed E-state index contributed by atoms with van der Waals surface area (Å²) < 4.78 is 0. The molecule has 0 radical (unpaired) electrons. The van der Waals surface area contributed by atoms with Crippen molar-refractivity contribution in [1.82, 2.24) is 0 Å². The number of aliphatic imine (C=N–C) groups is 1. The molecular formula is C9H10N4. The van der Waals surface area contributed by atoms with Crippen molar-refractivity contribution < 1.29 is 0 Å². The van der Waals surface area contributed by atoms with Crippen LogP contribution in [-0.2, 0) is 0 Å². The number of guanidine groups is 1. The SMILES string of the molecule is Cc1cc(C#N)ccc1N=C(N)N. The Bertz CT molecular complexity index is 383. The highest BCUT2D eigenvalue weighted by Gasteiger charge is 1.97. The zero-order valence-corrected chi connectivity index (χ0v) is 7.28. The Morgan fingerprint density at radius 1 is 1.46 bits per heavy atom. The van der Waals surface area contributed by atoms with Gasteiger partial charge in [0.2, 0.25) is 0 Å². The van der Waals surface area contributed by atoms with Crippen molar-refractivity contribution in [2.75, 3.05) is 0 Å². The molecular weight excluding hydrogens is 164 g/mol. The van der Waals surface area contributed by atoms with E-state index in [9.17, 15) is 0 Å². The molecule has 0 aliphatic rings. The smallest absolute Gasteiger partial charge is 0.191 e. The van der Waals surface area contributed by atoms with Gasteiger partial charge in [0.1, 0.15) is 0 Å². The molecule has 0 fully saturated rings. The number of hydrogen-bond donors (Lipinski definition) is 2. The van der Waals surface area contributed by atoms with E-state index < -0.39 is 0 Å². The lowest BCUT2D eigenvalue weighted by molar-refractivity contribution is 1.34. The van der Waals surface area contributed by atoms with E-state index in [2.05, 4.69) is 4.99 Å². The fourth-order valence-electron chi connectivity index (χ4n) is 0.990. The van der Waals surface area contributed by atoms with Gasteiger partial charge in [-0.05, 0) is 30.7 Å². The number of rotatable bonds is 1. The van der Waals surface area contributed by atoms with E-state index in [-0.39, 0.29) is 5.96 Å². The van der Waals surface area contributed by atoms with Crippen molar-refractivity contribution in [1.29, 1.82) is 5.26 Å². The van der Waals surface area contributed by atoms with E-state index in [4.69, 9.17) is 16.7 Å². The first-order valence-electron chi connectivity index (χ1n) is 3.74. The highest BCUT2D eigenvalue weighted by molar-refractivity contribution is 5.79. The predicted molar refractivity (Wildman–Crippen MR) is 51.4 cm³/mol. The van der Waals surface area contributed by atoms with Crippen LogP contribution in [0.3, 0.4) is 0 Å². The third-order valence-electron chi connectivity index (χ3n) is 1.58. The standard InChI is InChI=1S/C9H10N4/c1-6-4-7(5-10)2-3-8(6)13-9(11)12/h2-4H,1H3,(H4,11,12,13). The number of nitrogens with zero attached hydrogens (tertiary/aromatic N) is 2. The zero-order valence-electron chi connectivity index (χ0n) is 7.28. The minimum atomic E-state index is 0.0211. The molecule has 0 saturated heterocycles. The molecule has 1 aromatic carbocycles. The van der Waals surface area contributed by atoms with Crippen LogP contribution in [0.25, 0.3) is 0 Å². The highest BCUT2D eigenvalue weighted by Crippen LogP contribution is 2.18. The lowest BCUT2D eigenvalue weighted by atomic mass is 10.1. The summed E-state index contributed by atoms with van der Waals surface area (Å²) in [5.41, 5.74) is 12.6. The Labute approximate surface area is 76.5 Å². The van der Waals surface area contributed by atoms with Crippen molar-refractivity contribution >= 4 is 11.6 Å². The van der Waals surface area contributed by atoms with Crippen LogP contribution in [0.5, 0.6) is 0 Å². The van der Waals surface area contributed by atoms with E-state index in [1.807, 2.05) is 13.0 Å². The van der Waals surface area contributed by atoms with E-state index in [0.717, 1.165) is 5.56 Å². The lowest BCUT2D eigenvalue weighted by Crippen LogP contribution is -2.22. The van der Waals surface area contributed by atoms with E-state index in [1.165, 1.54) is 0 Å². The van der Waals surface area contributed by atoms with Crippen LogP contribution in [0.1, 0.15) is 11.1 Å². The number of nitriles is 1. The van der Waals surface area contributed by atoms with Gasteiger partial charge in [-0.2, -0.15) is 5.26 Å². The van der Waals surface area contributed by atoms with Gasteiger partial charge in [-0.3, -0.25) is 0 Å². The molecule has 4 nitrogen and oxygen atoms in total. The maximum Gasteiger partial charge on any atom is 0.191 e. The second-order valence-electron chi connectivity index (χ2n) is 2.65. The molecule has 0 saturated carbocycles. The number of aryl methyl sites for hydroxylation is 1. The van der Waals surface area contributed by atoms with Crippen molar-refractivity contribution in [3.63, 3.8) is 0 Å². The van der Waals surface area contributed by atoms with Gasteiger partial charge in [0, 0.05) is 0 Å². The van der Waals surface area contributed by atoms with E-state index in [0.29, 0.717) is 11.3 Å². The third-order valence-corrected chi connectivity index (χ3v) is 1.58. The van der Waals surface area contributed by atoms with Crippen molar-refractivity contribution in [2.45, 2.75) is 6.92 Å². The molecule has 4 N–H and O–H groups in total. The molecule has 0 aliphatic heterocycles. The molecule has 0 unspecified atom stereocenters. The maximum absolute atomic E-state index is 8.60. The molecule has 0 atom stereocenters. The summed E-state index contributed by atoms with van der Waals surface area (Å²) >= 11 is 0. The Morgan fingerprint density at radius 3 is 2.62 bits per heavy atom. The molecule has 0 spiro atoms. The molecule has 1 aromatic rings. The first-order valence-corrected chi connectivity index (χ1v) is 3.74. The average molecular weight is 174 g/mol. The molecule has 0 aliphatic carbocycles. The Morgan fingerprint density at radius 2 is 2.15 bits per heavy atom. The number of hydrogen-bond acceptors (Lipinski definition) is 2. The molecule has 0 amide bonds. The third kappa shape index (κ3) is 2.20. The van der Waals surface area contributed by atoms with Crippen LogP contribution in [0.4, 0.5) is 5.69 Å². The Balaban J connectivity index is 3.15. The number of benzene rings is 1. The van der Waals surface area contributed by atoms with Gasteiger partial charge in [-0.25, -0.2) is 4.99 Å². The topological polar surface area (TPSA) is 88.2 Å². The quantitative estimate of drug-likeness (QED) is 0.487. The van der Waals surface area contributed by atoms with Gasteiger partial charge in [0.05, 0.1) is 17.3 Å². The summed E-state index contributed by atoms with van der Waals surface area (Å²) in [4.78, 5) is 3.90. The molecule has 66 valence electrons. The summed E-state index contributed by atoms with van der Waals surface area (Å²) in [7, 11) is 0. The maximum atomic E-state index is 8.60. The molecule has 0 bridgehead atoms. The first-order chi connectivity index (χ1) is 6.13. The summed E-state index contributed by atoms with van der Waals surface area (Å²) in [6, 6.07) is 7.17. The summed E-state index contributed by atoms with van der Waals surface area (Å²) in [5, 5.41) is 8.60. The Kier molecular flexibility index (Phi) is 2.50. The van der Waals surface area contributed by atoms with Crippen LogP contribution >= 0.6 is 0 Å².